The van der Waals surface area contributed by atoms with E-state index in [2.05, 4.69) is 14.8 Å². The number of aryl methyl sites for hydroxylation is 1. The quantitative estimate of drug-likeness (QED) is 0.860. The summed E-state index contributed by atoms with van der Waals surface area (Å²) < 4.78 is 0. The van der Waals surface area contributed by atoms with Crippen molar-refractivity contribution in [3.8, 4) is 0 Å². The van der Waals surface area contributed by atoms with Crippen LogP contribution in [-0.2, 0) is 4.79 Å². The summed E-state index contributed by atoms with van der Waals surface area (Å²) in [5.41, 5.74) is 0.806. The average molecular weight is 378 g/mol. The van der Waals surface area contributed by atoms with E-state index in [-0.39, 0.29) is 11.5 Å². The number of likely N-dealkylation sites (tertiary alicyclic amines) is 1. The average Bonchev–Trinajstić information content (AvgIpc) is 2.92. The van der Waals surface area contributed by atoms with Gasteiger partial charge in [0.25, 0.3) is 0 Å². The number of carbonyl (C=O) groups excluding carboxylic acids is 1. The molecule has 2 saturated heterocycles. The van der Waals surface area contributed by atoms with E-state index in [0.29, 0.717) is 17.0 Å². The van der Waals surface area contributed by atoms with Crippen LogP contribution in [-0.4, -0.2) is 52.7 Å². The van der Waals surface area contributed by atoms with E-state index in [4.69, 9.17) is 11.6 Å². The van der Waals surface area contributed by atoms with E-state index in [0.717, 1.165) is 76.0 Å². The molecule has 1 amide bonds. The van der Waals surface area contributed by atoms with E-state index in [1.54, 1.807) is 6.20 Å². The van der Waals surface area contributed by atoms with Gasteiger partial charge in [-0.25, -0.2) is 4.98 Å². The summed E-state index contributed by atoms with van der Waals surface area (Å²) in [5, 5.41) is 10.4. The number of amides is 1. The number of aliphatic hydroxyl groups is 1. The fourth-order valence-corrected chi connectivity index (χ4v) is 5.33. The molecule has 1 aromatic heterocycles. The number of halogens is 1. The van der Waals surface area contributed by atoms with Crippen LogP contribution in [0.4, 0.5) is 5.82 Å². The highest BCUT2D eigenvalue weighted by Gasteiger charge is 2.50. The third-order valence-electron chi connectivity index (χ3n) is 6.55. The Bertz CT molecular complexity index is 690. The van der Waals surface area contributed by atoms with Crippen LogP contribution >= 0.6 is 11.6 Å². The first-order chi connectivity index (χ1) is 12.5. The first-order valence-corrected chi connectivity index (χ1v) is 10.2. The van der Waals surface area contributed by atoms with E-state index < -0.39 is 0 Å². The Morgan fingerprint density at radius 2 is 2.00 bits per heavy atom. The van der Waals surface area contributed by atoms with Crippen molar-refractivity contribution in [2.75, 3.05) is 24.5 Å². The molecule has 1 spiro atoms. The number of carbonyl (C=O) groups is 1. The molecule has 5 nitrogen and oxygen atoms in total. The Morgan fingerprint density at radius 3 is 2.73 bits per heavy atom. The van der Waals surface area contributed by atoms with Gasteiger partial charge in [-0.1, -0.05) is 11.6 Å². The monoisotopic (exact) mass is 377 g/mol. The summed E-state index contributed by atoms with van der Waals surface area (Å²) in [6.07, 6.45) is 7.96. The highest BCUT2D eigenvalue weighted by molar-refractivity contribution is 6.30. The van der Waals surface area contributed by atoms with E-state index in [1.165, 1.54) is 0 Å². The fourth-order valence-electron chi connectivity index (χ4n) is 5.12. The van der Waals surface area contributed by atoms with Gasteiger partial charge in [0.1, 0.15) is 5.82 Å². The maximum absolute atomic E-state index is 13.4. The first-order valence-electron chi connectivity index (χ1n) is 9.85. The van der Waals surface area contributed by atoms with Crippen LogP contribution in [0.2, 0.25) is 5.02 Å². The molecule has 1 N–H and O–H groups in total. The number of aliphatic hydroxyl groups excluding tert-OH is 1. The smallest absolute Gasteiger partial charge is 0.230 e. The van der Waals surface area contributed by atoms with Crippen LogP contribution in [0.5, 0.6) is 0 Å². The van der Waals surface area contributed by atoms with Gasteiger partial charge in [-0.2, -0.15) is 0 Å². The zero-order valence-electron chi connectivity index (χ0n) is 15.5. The SMILES string of the molecule is Cc1cc(Cl)cnc1N1CCC[C@@]2(CCN([C@H]3CC[C@@H](O)CC3)C2=O)C1. The van der Waals surface area contributed by atoms with Crippen molar-refractivity contribution in [2.24, 2.45) is 5.41 Å². The number of aromatic nitrogens is 1. The Balaban J connectivity index is 1.50. The van der Waals surface area contributed by atoms with Crippen LogP contribution in [0.3, 0.4) is 0 Å². The van der Waals surface area contributed by atoms with E-state index in [1.807, 2.05) is 13.0 Å². The van der Waals surface area contributed by atoms with Crippen molar-refractivity contribution >= 4 is 23.3 Å². The highest BCUT2D eigenvalue weighted by Crippen LogP contribution is 2.43. The molecule has 6 heteroatoms. The molecule has 3 aliphatic rings. The third-order valence-corrected chi connectivity index (χ3v) is 6.75. The molecule has 0 unspecified atom stereocenters. The van der Waals surface area contributed by atoms with Crippen LogP contribution in [0.25, 0.3) is 0 Å². The summed E-state index contributed by atoms with van der Waals surface area (Å²) in [7, 11) is 0. The predicted molar refractivity (Wildman–Crippen MR) is 102 cm³/mol. The van der Waals surface area contributed by atoms with Gasteiger partial charge in [-0.3, -0.25) is 4.79 Å². The van der Waals surface area contributed by atoms with Crippen molar-refractivity contribution < 1.29 is 9.90 Å². The predicted octanol–water partition coefficient (Wildman–Crippen LogP) is 3.17. The Morgan fingerprint density at radius 1 is 1.23 bits per heavy atom. The lowest BCUT2D eigenvalue weighted by atomic mass is 9.78. The van der Waals surface area contributed by atoms with Crippen LogP contribution in [0.15, 0.2) is 12.3 Å². The van der Waals surface area contributed by atoms with Crippen LogP contribution < -0.4 is 4.90 Å². The number of piperidine rings is 1. The summed E-state index contributed by atoms with van der Waals surface area (Å²) in [6.45, 7) is 4.60. The number of hydrogen-bond donors (Lipinski definition) is 1. The normalized spacial score (nSPS) is 32.5. The molecule has 1 atom stereocenters. The Kier molecular flexibility index (Phi) is 4.86. The maximum atomic E-state index is 13.4. The second-order valence-electron chi connectivity index (χ2n) is 8.31. The van der Waals surface area contributed by atoms with Crippen molar-refractivity contribution in [1.29, 1.82) is 0 Å². The molecule has 1 aromatic rings. The summed E-state index contributed by atoms with van der Waals surface area (Å²) in [5.74, 6) is 1.29. The minimum Gasteiger partial charge on any atom is -0.393 e. The highest BCUT2D eigenvalue weighted by atomic mass is 35.5. The third kappa shape index (κ3) is 3.20. The van der Waals surface area contributed by atoms with E-state index >= 15 is 0 Å². The van der Waals surface area contributed by atoms with Gasteiger partial charge in [0.2, 0.25) is 5.91 Å². The van der Waals surface area contributed by atoms with Gasteiger partial charge in [0.15, 0.2) is 0 Å². The Hall–Kier alpha value is -1.33. The molecule has 3 heterocycles. The molecule has 0 aromatic carbocycles. The molecule has 142 valence electrons. The second kappa shape index (κ2) is 7.01. The summed E-state index contributed by atoms with van der Waals surface area (Å²) >= 11 is 6.06. The molecule has 1 saturated carbocycles. The van der Waals surface area contributed by atoms with Crippen LogP contribution in [0, 0.1) is 12.3 Å². The molecule has 0 radical (unpaired) electrons. The number of anilines is 1. The standard InChI is InChI=1S/C20H28ClN3O2/c1-14-11-15(21)12-22-18(14)23-9-2-7-20(13-23)8-10-24(19(20)26)16-3-5-17(25)6-4-16/h11-12,16-17,25H,2-10,13H2,1H3/t16-,17+,20-/m1/s1. The molecule has 3 fully saturated rings. The summed E-state index contributed by atoms with van der Waals surface area (Å²) in [6, 6.07) is 2.26. The molecular formula is C20H28ClN3O2. The van der Waals surface area contributed by atoms with Crippen molar-refractivity contribution in [2.45, 2.75) is 64.0 Å². The molecular weight excluding hydrogens is 350 g/mol. The van der Waals surface area contributed by atoms with Gasteiger partial charge in [-0.15, -0.1) is 0 Å². The topological polar surface area (TPSA) is 56.7 Å². The maximum Gasteiger partial charge on any atom is 0.230 e. The zero-order chi connectivity index (χ0) is 18.3. The number of hydrogen-bond acceptors (Lipinski definition) is 4. The lowest BCUT2D eigenvalue weighted by Crippen LogP contribution is -2.50. The minimum atomic E-state index is -0.262. The molecule has 4 rings (SSSR count). The minimum absolute atomic E-state index is 0.179. The molecule has 26 heavy (non-hydrogen) atoms. The van der Waals surface area contributed by atoms with Crippen molar-refractivity contribution in [3.05, 3.63) is 22.8 Å². The number of nitrogens with zero attached hydrogens (tertiary/aromatic N) is 3. The van der Waals surface area contributed by atoms with Gasteiger partial charge in [0, 0.05) is 31.9 Å². The molecule has 0 bridgehead atoms. The number of pyridine rings is 1. The lowest BCUT2D eigenvalue weighted by Gasteiger charge is -2.41. The fraction of sp³-hybridized carbons (Fsp3) is 0.700. The lowest BCUT2D eigenvalue weighted by molar-refractivity contribution is -0.139. The number of rotatable bonds is 2. The molecule has 1 aliphatic carbocycles. The molecule has 2 aliphatic heterocycles. The second-order valence-corrected chi connectivity index (χ2v) is 8.75. The van der Waals surface area contributed by atoms with Crippen molar-refractivity contribution in [3.63, 3.8) is 0 Å². The van der Waals surface area contributed by atoms with Gasteiger partial charge in [0.05, 0.1) is 16.5 Å². The van der Waals surface area contributed by atoms with Crippen molar-refractivity contribution in [1.82, 2.24) is 9.88 Å². The van der Waals surface area contributed by atoms with Crippen LogP contribution in [0.1, 0.15) is 50.5 Å². The largest absolute Gasteiger partial charge is 0.393 e. The first kappa shape index (κ1) is 18.1. The zero-order valence-corrected chi connectivity index (χ0v) is 16.2. The van der Waals surface area contributed by atoms with Gasteiger partial charge in [-0.05, 0) is 63.5 Å². The van der Waals surface area contributed by atoms with Gasteiger partial charge >= 0.3 is 0 Å². The van der Waals surface area contributed by atoms with Gasteiger partial charge < -0.3 is 14.9 Å². The Labute approximate surface area is 160 Å². The summed E-state index contributed by atoms with van der Waals surface area (Å²) in [4.78, 5) is 22.3. The van der Waals surface area contributed by atoms with E-state index in [9.17, 15) is 9.90 Å².